The number of imidazole rings is 1. The van der Waals surface area contributed by atoms with Gasteiger partial charge in [-0.05, 0) is 40.3 Å². The molecule has 0 saturated heterocycles. The third-order valence-corrected chi connectivity index (χ3v) is 2.56. The van der Waals surface area contributed by atoms with Gasteiger partial charge < -0.3 is 5.32 Å². The second-order valence-corrected chi connectivity index (χ2v) is 4.13. The second-order valence-electron chi connectivity index (χ2n) is 2.87. The fourth-order valence-electron chi connectivity index (χ4n) is 1.06. The lowest BCUT2D eigenvalue weighted by atomic mass is 10.5. The fourth-order valence-corrected chi connectivity index (χ4v) is 1.61. The van der Waals surface area contributed by atoms with Crippen LogP contribution in [0.25, 0.3) is 0 Å². The summed E-state index contributed by atoms with van der Waals surface area (Å²) in [6.07, 6.45) is 6.71. The molecule has 2 N–H and O–H groups in total. The molecule has 0 fully saturated rings. The van der Waals surface area contributed by atoms with Gasteiger partial charge in [-0.3, -0.25) is 5.43 Å². The molecule has 2 heterocycles. The van der Waals surface area contributed by atoms with Crippen LogP contribution in [0.15, 0.2) is 41.5 Å². The molecule has 16 heavy (non-hydrogen) atoms. The maximum absolute atomic E-state index is 5.11. The van der Waals surface area contributed by atoms with Crippen molar-refractivity contribution in [2.75, 3.05) is 10.7 Å². The first-order valence-electron chi connectivity index (χ1n) is 4.42. The predicted octanol–water partition coefficient (Wildman–Crippen LogP) is 1.98. The van der Waals surface area contributed by atoms with Gasteiger partial charge in [-0.2, -0.15) is 0 Å². The zero-order valence-electron chi connectivity index (χ0n) is 8.09. The normalized spacial score (nSPS) is 9.81. The van der Waals surface area contributed by atoms with E-state index >= 15 is 0 Å². The summed E-state index contributed by atoms with van der Waals surface area (Å²) in [5, 5.41) is 3.40. The van der Waals surface area contributed by atoms with Gasteiger partial charge in [0, 0.05) is 18.6 Å². The van der Waals surface area contributed by atoms with Crippen LogP contribution in [0.1, 0.15) is 0 Å². The van der Waals surface area contributed by atoms with Crippen LogP contribution >= 0.6 is 28.1 Å². The minimum atomic E-state index is 0.442. The Bertz CT molecular complexity index is 484. The Labute approximate surface area is 106 Å². The standard InChI is InChI=1S/C9H8BrN5S/c10-7-2-1-3-12-8(7)13-9(16)14-15-5-4-11-6-15/h1-6H,(H2,12,13,14,16). The van der Waals surface area contributed by atoms with Crippen molar-refractivity contribution in [1.29, 1.82) is 0 Å². The van der Waals surface area contributed by atoms with E-state index in [0.29, 0.717) is 10.9 Å². The van der Waals surface area contributed by atoms with Gasteiger partial charge in [-0.15, -0.1) is 0 Å². The Morgan fingerprint density at radius 2 is 2.31 bits per heavy atom. The molecule has 0 bridgehead atoms. The molecule has 2 rings (SSSR count). The van der Waals surface area contributed by atoms with Gasteiger partial charge in [0.15, 0.2) is 5.11 Å². The average molecular weight is 298 g/mol. The number of halogens is 1. The zero-order valence-corrected chi connectivity index (χ0v) is 10.5. The first kappa shape index (κ1) is 11.0. The summed E-state index contributed by atoms with van der Waals surface area (Å²) < 4.78 is 2.50. The largest absolute Gasteiger partial charge is 0.315 e. The Morgan fingerprint density at radius 3 is 3.00 bits per heavy atom. The minimum absolute atomic E-state index is 0.442. The molecule has 2 aromatic heterocycles. The number of nitrogens with zero attached hydrogens (tertiary/aromatic N) is 3. The van der Waals surface area contributed by atoms with Crippen molar-refractivity contribution in [3.63, 3.8) is 0 Å². The van der Waals surface area contributed by atoms with Crippen molar-refractivity contribution in [2.24, 2.45) is 0 Å². The van der Waals surface area contributed by atoms with Crippen molar-refractivity contribution >= 4 is 39.1 Å². The lowest BCUT2D eigenvalue weighted by Crippen LogP contribution is -2.26. The first-order valence-corrected chi connectivity index (χ1v) is 5.62. The van der Waals surface area contributed by atoms with Crippen LogP contribution in [0.3, 0.4) is 0 Å². The lowest BCUT2D eigenvalue weighted by Gasteiger charge is -2.10. The molecule has 2 aromatic rings. The van der Waals surface area contributed by atoms with E-state index in [0.717, 1.165) is 4.47 Å². The van der Waals surface area contributed by atoms with Crippen LogP contribution < -0.4 is 10.7 Å². The van der Waals surface area contributed by atoms with E-state index in [-0.39, 0.29) is 0 Å². The second kappa shape index (κ2) is 5.04. The monoisotopic (exact) mass is 297 g/mol. The molecule has 0 spiro atoms. The number of nitrogens with one attached hydrogen (secondary N) is 2. The molecule has 0 amide bonds. The Hall–Kier alpha value is -1.47. The molecular formula is C9H8BrN5S. The molecule has 0 atom stereocenters. The van der Waals surface area contributed by atoms with Gasteiger partial charge in [-0.1, -0.05) is 0 Å². The number of thiocarbonyl (C=S) groups is 1. The molecule has 0 unspecified atom stereocenters. The van der Waals surface area contributed by atoms with E-state index in [1.807, 2.05) is 12.1 Å². The summed E-state index contributed by atoms with van der Waals surface area (Å²) in [4.78, 5) is 8.03. The highest BCUT2D eigenvalue weighted by molar-refractivity contribution is 9.10. The third kappa shape index (κ3) is 2.77. The van der Waals surface area contributed by atoms with Crippen LogP contribution in [-0.2, 0) is 0 Å². The molecule has 0 aliphatic carbocycles. The van der Waals surface area contributed by atoms with Crippen molar-refractivity contribution in [3.05, 3.63) is 41.5 Å². The number of aromatic nitrogens is 3. The Kier molecular flexibility index (Phi) is 3.47. The predicted molar refractivity (Wildman–Crippen MR) is 69.7 cm³/mol. The molecule has 0 aromatic carbocycles. The van der Waals surface area contributed by atoms with Gasteiger partial charge in [0.25, 0.3) is 0 Å². The highest BCUT2D eigenvalue weighted by Crippen LogP contribution is 2.17. The quantitative estimate of drug-likeness (QED) is 0.830. The average Bonchev–Trinajstić information content (AvgIpc) is 2.74. The van der Waals surface area contributed by atoms with E-state index in [2.05, 4.69) is 36.6 Å². The van der Waals surface area contributed by atoms with E-state index in [1.54, 1.807) is 29.6 Å². The van der Waals surface area contributed by atoms with E-state index < -0.39 is 0 Å². The van der Waals surface area contributed by atoms with Crippen molar-refractivity contribution < 1.29 is 0 Å². The van der Waals surface area contributed by atoms with Crippen molar-refractivity contribution in [2.45, 2.75) is 0 Å². The van der Waals surface area contributed by atoms with Crippen LogP contribution in [0.5, 0.6) is 0 Å². The van der Waals surface area contributed by atoms with Crippen LogP contribution in [0, 0.1) is 0 Å². The molecule has 0 aliphatic heterocycles. The minimum Gasteiger partial charge on any atom is -0.315 e. The van der Waals surface area contributed by atoms with Gasteiger partial charge in [0.05, 0.1) is 4.47 Å². The summed E-state index contributed by atoms with van der Waals surface area (Å²) in [7, 11) is 0. The Morgan fingerprint density at radius 1 is 1.44 bits per heavy atom. The molecule has 0 aliphatic rings. The summed E-state index contributed by atoms with van der Waals surface area (Å²) in [6.45, 7) is 0. The summed E-state index contributed by atoms with van der Waals surface area (Å²) in [5.41, 5.74) is 2.91. The van der Waals surface area contributed by atoms with Crippen LogP contribution in [0.2, 0.25) is 0 Å². The van der Waals surface area contributed by atoms with Gasteiger partial charge in [-0.25, -0.2) is 14.6 Å². The van der Waals surface area contributed by atoms with Crippen LogP contribution in [-0.4, -0.2) is 19.8 Å². The fraction of sp³-hybridized carbons (Fsp3) is 0. The SMILES string of the molecule is S=C(Nc1ncccc1Br)Nn1ccnc1. The Balaban J connectivity index is 2.00. The van der Waals surface area contributed by atoms with Crippen LogP contribution in [0.4, 0.5) is 5.82 Å². The molecule has 82 valence electrons. The molecule has 0 radical (unpaired) electrons. The van der Waals surface area contributed by atoms with Gasteiger partial charge in [0.1, 0.15) is 12.1 Å². The number of rotatable bonds is 2. The highest BCUT2D eigenvalue weighted by Gasteiger charge is 2.02. The number of hydrogen-bond donors (Lipinski definition) is 2. The third-order valence-electron chi connectivity index (χ3n) is 1.73. The van der Waals surface area contributed by atoms with Gasteiger partial charge >= 0.3 is 0 Å². The van der Waals surface area contributed by atoms with Crippen molar-refractivity contribution in [1.82, 2.24) is 14.6 Å². The number of hydrogen-bond acceptors (Lipinski definition) is 3. The zero-order chi connectivity index (χ0) is 11.4. The smallest absolute Gasteiger partial charge is 0.191 e. The van der Waals surface area contributed by atoms with E-state index in [4.69, 9.17) is 12.2 Å². The molecule has 7 heteroatoms. The topological polar surface area (TPSA) is 54.8 Å². The van der Waals surface area contributed by atoms with Gasteiger partial charge in [0.2, 0.25) is 0 Å². The summed E-state index contributed by atoms with van der Waals surface area (Å²) in [5.74, 6) is 0.667. The van der Waals surface area contributed by atoms with E-state index in [1.165, 1.54) is 0 Å². The summed E-state index contributed by atoms with van der Waals surface area (Å²) >= 11 is 8.48. The molecule has 0 saturated carbocycles. The highest BCUT2D eigenvalue weighted by atomic mass is 79.9. The number of anilines is 1. The van der Waals surface area contributed by atoms with E-state index in [9.17, 15) is 0 Å². The maximum Gasteiger partial charge on any atom is 0.191 e. The van der Waals surface area contributed by atoms with Crippen molar-refractivity contribution in [3.8, 4) is 0 Å². The first-order chi connectivity index (χ1) is 7.75. The molecule has 5 nitrogen and oxygen atoms in total. The molecular weight excluding hydrogens is 290 g/mol. The lowest BCUT2D eigenvalue weighted by molar-refractivity contribution is 0.976. The summed E-state index contributed by atoms with van der Waals surface area (Å²) in [6, 6.07) is 3.72. The maximum atomic E-state index is 5.11. The number of pyridine rings is 1.